The Morgan fingerprint density at radius 1 is 1.03 bits per heavy atom. The van der Waals surface area contributed by atoms with E-state index in [2.05, 4.69) is 20.8 Å². The lowest BCUT2D eigenvalue weighted by atomic mass is 10.2. The highest BCUT2D eigenvalue weighted by Crippen LogP contribution is 2.23. The van der Waals surface area contributed by atoms with E-state index in [-0.39, 0.29) is 11.0 Å². The second-order valence-electron chi connectivity index (χ2n) is 6.76. The summed E-state index contributed by atoms with van der Waals surface area (Å²) in [4.78, 5) is 13.9. The molecule has 0 atom stereocenters. The van der Waals surface area contributed by atoms with Crippen molar-refractivity contribution in [1.29, 1.82) is 0 Å². The van der Waals surface area contributed by atoms with Crippen LogP contribution in [0, 0.1) is 6.92 Å². The molecule has 0 aliphatic carbocycles. The van der Waals surface area contributed by atoms with Crippen molar-refractivity contribution in [2.24, 2.45) is 0 Å². The Morgan fingerprint density at radius 3 is 2.32 bits per heavy atom. The summed E-state index contributed by atoms with van der Waals surface area (Å²) < 4.78 is 5.19. The third kappa shape index (κ3) is 4.65. The monoisotopic (exact) mass is 451 g/mol. The summed E-state index contributed by atoms with van der Waals surface area (Å²) in [6, 6.07) is 17.8. The van der Waals surface area contributed by atoms with Crippen molar-refractivity contribution in [2.75, 3.05) is 12.4 Å². The van der Waals surface area contributed by atoms with Crippen LogP contribution in [0.25, 0.3) is 16.7 Å². The predicted octanol–water partition coefficient (Wildman–Crippen LogP) is 4.52. The first-order valence-corrected chi connectivity index (χ1v) is 10.1. The molecule has 2 N–H and O–H groups in total. The van der Waals surface area contributed by atoms with E-state index < -0.39 is 0 Å². The Hall–Kier alpha value is -3.49. The highest BCUT2D eigenvalue weighted by Gasteiger charge is 2.12. The lowest BCUT2D eigenvalue weighted by molar-refractivity contribution is 0.0977. The maximum absolute atomic E-state index is 12.3. The van der Waals surface area contributed by atoms with Gasteiger partial charge in [-0.25, -0.2) is 0 Å². The second kappa shape index (κ2) is 8.71. The van der Waals surface area contributed by atoms with Crippen molar-refractivity contribution in [3.63, 3.8) is 0 Å². The number of fused-ring (bicyclic) bond motifs is 1. The molecule has 0 spiro atoms. The molecule has 0 fully saturated rings. The third-order valence-electron chi connectivity index (χ3n) is 4.61. The number of nitrogens with one attached hydrogen (secondary N) is 2. The second-order valence-corrected chi connectivity index (χ2v) is 7.60. The summed E-state index contributed by atoms with van der Waals surface area (Å²) in [5.74, 6) is 0.440. The fraction of sp³-hybridized carbons (Fsp3) is 0.0909. The Kier molecular flexibility index (Phi) is 5.83. The molecule has 0 saturated heterocycles. The van der Waals surface area contributed by atoms with E-state index in [1.807, 2.05) is 43.3 Å². The zero-order valence-corrected chi connectivity index (χ0v) is 18.3. The van der Waals surface area contributed by atoms with Crippen molar-refractivity contribution in [3.8, 4) is 11.4 Å². The summed E-state index contributed by atoms with van der Waals surface area (Å²) in [5.41, 5.74) is 4.36. The first kappa shape index (κ1) is 20.8. The Labute approximate surface area is 189 Å². The summed E-state index contributed by atoms with van der Waals surface area (Å²) in [5, 5.41) is 15.6. The topological polar surface area (TPSA) is 81.1 Å². The molecule has 0 radical (unpaired) electrons. The number of hydrogen-bond acceptors (Lipinski definition) is 5. The number of rotatable bonds is 4. The van der Waals surface area contributed by atoms with Gasteiger partial charge in [-0.05, 0) is 85.4 Å². The molecular weight excluding hydrogens is 434 g/mol. The van der Waals surface area contributed by atoms with Gasteiger partial charge in [-0.3, -0.25) is 10.1 Å². The number of anilines is 1. The van der Waals surface area contributed by atoms with Crippen LogP contribution in [0.3, 0.4) is 0 Å². The molecule has 0 aliphatic heterocycles. The van der Waals surface area contributed by atoms with E-state index in [4.69, 9.17) is 28.6 Å². The van der Waals surface area contributed by atoms with Crippen LogP contribution in [0.15, 0.2) is 60.7 Å². The number of nitrogens with zero attached hydrogens (tertiary/aromatic N) is 3. The average molecular weight is 452 g/mol. The Morgan fingerprint density at radius 2 is 1.68 bits per heavy atom. The molecule has 31 heavy (non-hydrogen) atoms. The van der Waals surface area contributed by atoms with Gasteiger partial charge in [0, 0.05) is 16.3 Å². The number of hydrogen-bond donors (Lipinski definition) is 2. The maximum Gasteiger partial charge on any atom is 0.257 e. The van der Waals surface area contributed by atoms with E-state index in [0.29, 0.717) is 16.1 Å². The quantitative estimate of drug-likeness (QED) is 0.444. The summed E-state index contributed by atoms with van der Waals surface area (Å²) in [6.07, 6.45) is 0. The molecule has 3 aromatic carbocycles. The lowest BCUT2D eigenvalue weighted by Crippen LogP contribution is -2.34. The van der Waals surface area contributed by atoms with Crippen LogP contribution in [0.4, 0.5) is 5.69 Å². The van der Waals surface area contributed by atoms with Gasteiger partial charge >= 0.3 is 0 Å². The number of carbonyl (C=O) groups excluding carboxylic acids is 1. The van der Waals surface area contributed by atoms with Gasteiger partial charge in [-0.15, -0.1) is 10.2 Å². The summed E-state index contributed by atoms with van der Waals surface area (Å²) in [6.45, 7) is 1.93. The highest BCUT2D eigenvalue weighted by molar-refractivity contribution is 7.80. The number of benzene rings is 3. The fourth-order valence-corrected chi connectivity index (χ4v) is 3.29. The van der Waals surface area contributed by atoms with E-state index in [9.17, 15) is 4.79 Å². The van der Waals surface area contributed by atoms with Crippen LogP contribution in [0.5, 0.6) is 5.75 Å². The smallest absolute Gasteiger partial charge is 0.257 e. The van der Waals surface area contributed by atoms with Gasteiger partial charge in [-0.2, -0.15) is 4.80 Å². The molecule has 1 amide bonds. The summed E-state index contributed by atoms with van der Waals surface area (Å²) in [7, 11) is 1.62. The third-order valence-corrected chi connectivity index (χ3v) is 5.07. The van der Waals surface area contributed by atoms with Gasteiger partial charge < -0.3 is 10.1 Å². The van der Waals surface area contributed by atoms with Gasteiger partial charge in [0.05, 0.1) is 12.8 Å². The normalized spacial score (nSPS) is 10.7. The predicted molar refractivity (Wildman–Crippen MR) is 125 cm³/mol. The number of amides is 1. The molecule has 7 nitrogen and oxygen atoms in total. The van der Waals surface area contributed by atoms with E-state index in [1.165, 1.54) is 0 Å². The minimum absolute atomic E-state index is 0.185. The van der Waals surface area contributed by atoms with E-state index >= 15 is 0 Å². The number of methoxy groups -OCH3 is 1. The molecule has 1 heterocycles. The van der Waals surface area contributed by atoms with Gasteiger partial charge in [0.25, 0.3) is 5.91 Å². The molecule has 156 valence electrons. The standard InChI is InChI=1S/C22H18ClN5O2S/c1-13-11-19-20(27-28(26-19)16-7-9-17(30-2)10-8-16)12-18(13)24-22(31)25-21(29)14-3-5-15(23)6-4-14/h3-12H,1-2H3,(H2,24,25,29,31). The molecule has 0 unspecified atom stereocenters. The number of aryl methyl sites for hydroxylation is 1. The van der Waals surface area contributed by atoms with Crippen molar-refractivity contribution in [1.82, 2.24) is 20.3 Å². The van der Waals surface area contributed by atoms with Crippen molar-refractivity contribution >= 4 is 51.6 Å². The molecule has 4 rings (SSSR count). The number of aromatic nitrogens is 3. The molecule has 0 aliphatic rings. The minimum Gasteiger partial charge on any atom is -0.497 e. The molecular formula is C22H18ClN5O2S. The SMILES string of the molecule is COc1ccc(-n2nc3cc(C)c(NC(=S)NC(=O)c4ccc(Cl)cc4)cc3n2)cc1. The minimum atomic E-state index is -0.321. The molecule has 9 heteroatoms. The van der Waals surface area contributed by atoms with Gasteiger partial charge in [0.1, 0.15) is 16.8 Å². The van der Waals surface area contributed by atoms with Crippen LogP contribution in [0.1, 0.15) is 15.9 Å². The van der Waals surface area contributed by atoms with Crippen LogP contribution in [0.2, 0.25) is 5.02 Å². The average Bonchev–Trinajstić information content (AvgIpc) is 3.17. The zero-order valence-electron chi connectivity index (χ0n) is 16.7. The van der Waals surface area contributed by atoms with Gasteiger partial charge in [0.2, 0.25) is 0 Å². The number of carbonyl (C=O) groups is 1. The van der Waals surface area contributed by atoms with Crippen LogP contribution in [-0.2, 0) is 0 Å². The maximum atomic E-state index is 12.3. The molecule has 0 saturated carbocycles. The largest absolute Gasteiger partial charge is 0.497 e. The van der Waals surface area contributed by atoms with Crippen LogP contribution < -0.4 is 15.4 Å². The lowest BCUT2D eigenvalue weighted by Gasteiger charge is -2.11. The van der Waals surface area contributed by atoms with Crippen LogP contribution in [-0.4, -0.2) is 33.1 Å². The zero-order chi connectivity index (χ0) is 22.0. The van der Waals surface area contributed by atoms with Crippen molar-refractivity contribution in [3.05, 3.63) is 76.8 Å². The van der Waals surface area contributed by atoms with E-state index in [1.54, 1.807) is 36.2 Å². The molecule has 0 bridgehead atoms. The first-order chi connectivity index (χ1) is 14.9. The number of halogens is 1. The first-order valence-electron chi connectivity index (χ1n) is 9.33. The fourth-order valence-electron chi connectivity index (χ4n) is 2.96. The van der Waals surface area contributed by atoms with Crippen molar-refractivity contribution in [2.45, 2.75) is 6.92 Å². The van der Waals surface area contributed by atoms with Crippen LogP contribution >= 0.6 is 23.8 Å². The van der Waals surface area contributed by atoms with Crippen molar-refractivity contribution < 1.29 is 9.53 Å². The number of ether oxygens (including phenoxy) is 1. The van der Waals surface area contributed by atoms with Gasteiger partial charge in [-0.1, -0.05) is 11.6 Å². The molecule has 4 aromatic rings. The Balaban J connectivity index is 1.52. The highest BCUT2D eigenvalue weighted by atomic mass is 35.5. The number of thiocarbonyl (C=S) groups is 1. The van der Waals surface area contributed by atoms with Gasteiger partial charge in [0.15, 0.2) is 5.11 Å². The summed E-state index contributed by atoms with van der Waals surface area (Å²) >= 11 is 11.2. The Bertz CT molecular complexity index is 1270. The molecule has 1 aromatic heterocycles. The van der Waals surface area contributed by atoms with E-state index in [0.717, 1.165) is 28.2 Å².